The fourth-order valence-electron chi connectivity index (χ4n) is 7.12. The molecule has 0 saturated heterocycles. The number of ketones is 2. The number of hydrogen-bond acceptors (Lipinski definition) is 2. The lowest BCUT2D eigenvalue weighted by atomic mass is 9.74. The topological polar surface area (TPSA) is 34.1 Å². The molecule has 2 saturated carbocycles. The lowest BCUT2D eigenvalue weighted by Gasteiger charge is -2.29. The van der Waals surface area contributed by atoms with Crippen LogP contribution in [-0.4, -0.2) is 11.6 Å². The van der Waals surface area contributed by atoms with Crippen molar-refractivity contribution in [3.63, 3.8) is 0 Å². The second-order valence-electron chi connectivity index (χ2n) is 11.8. The van der Waals surface area contributed by atoms with Gasteiger partial charge in [0, 0.05) is 34.8 Å². The van der Waals surface area contributed by atoms with E-state index in [0.717, 1.165) is 58.2 Å². The first-order chi connectivity index (χ1) is 19.3. The van der Waals surface area contributed by atoms with Gasteiger partial charge in [0.05, 0.1) is 0 Å². The third-order valence-electron chi connectivity index (χ3n) is 9.29. The molecule has 0 amide bonds. The number of rotatable bonds is 4. The summed E-state index contributed by atoms with van der Waals surface area (Å²) in [6.07, 6.45) is 12.3. The van der Waals surface area contributed by atoms with Gasteiger partial charge in [-0.3, -0.25) is 9.59 Å². The second-order valence-corrected chi connectivity index (χ2v) is 12.2. The SMILES string of the molecule is C=C1C=C2C(=CC=C1/C=C1/CC(=O)c3ccccc3C1c1ccc(Cl)cc1)C(CC)C(=C)C(=O)C(C)C2C1CC1. The summed E-state index contributed by atoms with van der Waals surface area (Å²) in [6, 6.07) is 15.9. The third-order valence-corrected chi connectivity index (χ3v) is 9.54. The highest BCUT2D eigenvalue weighted by molar-refractivity contribution is 6.30. The monoisotopic (exact) mass is 546 g/mol. The molecule has 2 aromatic carbocycles. The summed E-state index contributed by atoms with van der Waals surface area (Å²) in [6.45, 7) is 13.0. The van der Waals surface area contributed by atoms with E-state index in [2.05, 4.69) is 69.5 Å². The zero-order chi connectivity index (χ0) is 28.1. The number of carbonyl (C=O) groups excluding carboxylic acids is 2. The van der Waals surface area contributed by atoms with Crippen molar-refractivity contribution < 1.29 is 9.59 Å². The minimum Gasteiger partial charge on any atom is -0.294 e. The number of hydrogen-bond donors (Lipinski definition) is 0. The summed E-state index contributed by atoms with van der Waals surface area (Å²) in [5.74, 6) is 0.944. The smallest absolute Gasteiger partial charge is 0.167 e. The van der Waals surface area contributed by atoms with Crippen molar-refractivity contribution in [3.05, 3.63) is 141 Å². The summed E-state index contributed by atoms with van der Waals surface area (Å²) < 4.78 is 0. The van der Waals surface area contributed by atoms with Crippen LogP contribution < -0.4 is 0 Å². The van der Waals surface area contributed by atoms with Crippen LogP contribution in [0.5, 0.6) is 0 Å². The number of benzene rings is 2. The standard InChI is InChI=1S/C37H35ClO2/c1-5-29-22(3)37(40)23(4)35(24-10-11-24)33-18-21(2)26(14-17-30(29)33)19-27-20-34(39)31-8-6-7-9-32(31)36(27)25-12-15-28(38)16-13-25/h6-9,12-19,23-24,29,35-36H,2-3,5,10-11,20H2,1,4H3/b27-19-. The molecule has 0 radical (unpaired) electrons. The lowest BCUT2D eigenvalue weighted by molar-refractivity contribution is -0.120. The van der Waals surface area contributed by atoms with Gasteiger partial charge in [-0.1, -0.05) is 99.3 Å². The maximum Gasteiger partial charge on any atom is 0.167 e. The predicted molar refractivity (Wildman–Crippen MR) is 163 cm³/mol. The molecule has 2 aromatic rings. The van der Waals surface area contributed by atoms with Crippen LogP contribution >= 0.6 is 11.6 Å². The molecule has 40 heavy (non-hydrogen) atoms. The van der Waals surface area contributed by atoms with E-state index in [-0.39, 0.29) is 35.2 Å². The second kappa shape index (κ2) is 10.5. The Morgan fingerprint density at radius 1 is 0.975 bits per heavy atom. The first-order valence-electron chi connectivity index (χ1n) is 14.4. The molecule has 3 heteroatoms. The van der Waals surface area contributed by atoms with Gasteiger partial charge >= 0.3 is 0 Å². The van der Waals surface area contributed by atoms with Crippen LogP contribution in [0.25, 0.3) is 0 Å². The van der Waals surface area contributed by atoms with Gasteiger partial charge in [0.15, 0.2) is 11.6 Å². The maximum absolute atomic E-state index is 13.4. The van der Waals surface area contributed by atoms with E-state index in [1.165, 1.54) is 11.1 Å². The number of allylic oxidation sites excluding steroid dienone is 10. The Labute approximate surface area is 242 Å². The zero-order valence-corrected chi connectivity index (χ0v) is 24.0. The number of halogens is 1. The Morgan fingerprint density at radius 3 is 2.40 bits per heavy atom. The van der Waals surface area contributed by atoms with Crippen molar-refractivity contribution in [2.75, 3.05) is 0 Å². The minimum atomic E-state index is -0.0827. The fourth-order valence-corrected chi connectivity index (χ4v) is 7.25. The quantitative estimate of drug-likeness (QED) is 0.358. The van der Waals surface area contributed by atoms with E-state index in [1.807, 2.05) is 30.3 Å². The van der Waals surface area contributed by atoms with Crippen LogP contribution in [0.1, 0.15) is 66.9 Å². The van der Waals surface area contributed by atoms with Crippen LogP contribution in [-0.2, 0) is 4.79 Å². The summed E-state index contributed by atoms with van der Waals surface area (Å²) in [4.78, 5) is 26.7. The molecule has 4 aliphatic carbocycles. The summed E-state index contributed by atoms with van der Waals surface area (Å²) in [5, 5.41) is 0.691. The summed E-state index contributed by atoms with van der Waals surface area (Å²) >= 11 is 6.24. The summed E-state index contributed by atoms with van der Waals surface area (Å²) in [5.41, 5.74) is 9.09. The molecule has 2 fully saturated rings. The van der Waals surface area contributed by atoms with Gasteiger partial charge in [-0.25, -0.2) is 0 Å². The van der Waals surface area contributed by atoms with Crippen molar-refractivity contribution in [1.82, 2.24) is 0 Å². The van der Waals surface area contributed by atoms with E-state index in [1.54, 1.807) is 0 Å². The molecule has 4 atom stereocenters. The van der Waals surface area contributed by atoms with Gasteiger partial charge in [0.25, 0.3) is 0 Å². The van der Waals surface area contributed by atoms with E-state index in [0.29, 0.717) is 17.4 Å². The average Bonchev–Trinajstić information content (AvgIpc) is 3.80. The highest BCUT2D eigenvalue weighted by Crippen LogP contribution is 2.52. The fraction of sp³-hybridized carbons (Fsp3) is 0.297. The molecule has 0 spiro atoms. The Hall–Kier alpha value is -3.49. The number of carbonyl (C=O) groups is 2. The molecule has 0 N–H and O–H groups in total. The van der Waals surface area contributed by atoms with Crippen molar-refractivity contribution in [2.24, 2.45) is 23.7 Å². The Kier molecular flexibility index (Phi) is 7.00. The van der Waals surface area contributed by atoms with E-state index >= 15 is 0 Å². The number of Topliss-reactive ketones (excluding diaryl/α,β-unsaturated/α-hetero) is 2. The van der Waals surface area contributed by atoms with Gasteiger partial charge in [0.1, 0.15) is 0 Å². The molecule has 4 aliphatic rings. The molecule has 0 bridgehead atoms. The van der Waals surface area contributed by atoms with Crippen molar-refractivity contribution in [3.8, 4) is 0 Å². The predicted octanol–water partition coefficient (Wildman–Crippen LogP) is 9.16. The Bertz CT molecular complexity index is 1560. The molecule has 0 aromatic heterocycles. The van der Waals surface area contributed by atoms with E-state index in [9.17, 15) is 9.59 Å². The molecule has 0 aliphatic heterocycles. The van der Waals surface area contributed by atoms with E-state index in [4.69, 9.17) is 11.6 Å². The Balaban J connectivity index is 1.48. The van der Waals surface area contributed by atoms with Crippen LogP contribution in [0.15, 0.2) is 119 Å². The third kappa shape index (κ3) is 4.63. The van der Waals surface area contributed by atoms with Crippen LogP contribution in [0.3, 0.4) is 0 Å². The van der Waals surface area contributed by atoms with Gasteiger partial charge in [-0.05, 0) is 87.8 Å². The zero-order valence-electron chi connectivity index (χ0n) is 23.3. The van der Waals surface area contributed by atoms with Crippen molar-refractivity contribution >= 4 is 23.2 Å². The first-order valence-corrected chi connectivity index (χ1v) is 14.8. The maximum atomic E-state index is 13.4. The van der Waals surface area contributed by atoms with Crippen molar-refractivity contribution in [2.45, 2.75) is 45.4 Å². The van der Waals surface area contributed by atoms with E-state index < -0.39 is 0 Å². The minimum absolute atomic E-state index is 0.00551. The van der Waals surface area contributed by atoms with Crippen LogP contribution in [0, 0.1) is 23.7 Å². The number of fused-ring (bicyclic) bond motifs is 2. The molecular formula is C37H35ClO2. The molecular weight excluding hydrogens is 512 g/mol. The van der Waals surface area contributed by atoms with Gasteiger partial charge in [-0.15, -0.1) is 0 Å². The first kappa shape index (κ1) is 26.7. The molecule has 2 nitrogen and oxygen atoms in total. The molecule has 0 heterocycles. The highest BCUT2D eigenvalue weighted by atomic mass is 35.5. The largest absolute Gasteiger partial charge is 0.294 e. The summed E-state index contributed by atoms with van der Waals surface area (Å²) in [7, 11) is 0. The van der Waals surface area contributed by atoms with Gasteiger partial charge in [-0.2, -0.15) is 0 Å². The average molecular weight is 547 g/mol. The van der Waals surface area contributed by atoms with Gasteiger partial charge < -0.3 is 0 Å². The lowest BCUT2D eigenvalue weighted by Crippen LogP contribution is -2.23. The molecule has 4 unspecified atom stereocenters. The van der Waals surface area contributed by atoms with Crippen LogP contribution in [0.2, 0.25) is 5.02 Å². The van der Waals surface area contributed by atoms with Gasteiger partial charge in [0.2, 0.25) is 0 Å². The van der Waals surface area contributed by atoms with Crippen LogP contribution in [0.4, 0.5) is 0 Å². The Morgan fingerprint density at radius 2 is 1.70 bits per heavy atom. The highest BCUT2D eigenvalue weighted by Gasteiger charge is 2.45. The van der Waals surface area contributed by atoms with Crippen molar-refractivity contribution in [1.29, 1.82) is 0 Å². The molecule has 202 valence electrons. The molecule has 6 rings (SSSR count). The normalized spacial score (nSPS) is 27.8.